The maximum Gasteiger partial charge on any atom is 0.260 e. The summed E-state index contributed by atoms with van der Waals surface area (Å²) in [5, 5.41) is 13.0. The van der Waals surface area contributed by atoms with Gasteiger partial charge in [-0.2, -0.15) is 5.10 Å². The van der Waals surface area contributed by atoms with E-state index in [1.807, 2.05) is 0 Å². The second kappa shape index (κ2) is 3.80. The molecule has 0 atom stereocenters. The lowest BCUT2D eigenvalue weighted by atomic mass is 10.2. The van der Waals surface area contributed by atoms with Crippen molar-refractivity contribution in [3.8, 4) is 0 Å². The Hall–Kier alpha value is -2.11. The van der Waals surface area contributed by atoms with Gasteiger partial charge in [-0.15, -0.1) is 0 Å². The first-order valence-electron chi connectivity index (χ1n) is 4.84. The third-order valence-electron chi connectivity index (χ3n) is 2.22. The average Bonchev–Trinajstić information content (AvgIpc) is 2.74. The third kappa shape index (κ3) is 1.81. The Bertz CT molecular complexity index is 507. The van der Waals surface area contributed by atoms with Crippen LogP contribution < -0.4 is 5.32 Å². The Morgan fingerprint density at radius 1 is 1.44 bits per heavy atom. The predicted octanol–water partition coefficient (Wildman–Crippen LogP) is 1.58. The van der Waals surface area contributed by atoms with E-state index in [-0.39, 0.29) is 5.91 Å². The maximum absolute atomic E-state index is 11.9. The first-order chi connectivity index (χ1) is 7.58. The number of hydrogen-bond donors (Lipinski definition) is 2. The van der Waals surface area contributed by atoms with Gasteiger partial charge in [0.2, 0.25) is 0 Å². The predicted molar refractivity (Wildman–Crippen MR) is 57.3 cm³/mol. The molecule has 2 aromatic heterocycles. The van der Waals surface area contributed by atoms with Gasteiger partial charge < -0.3 is 9.84 Å². The van der Waals surface area contributed by atoms with Gasteiger partial charge >= 0.3 is 0 Å². The zero-order chi connectivity index (χ0) is 11.7. The SMILES string of the molecule is Cc1cc(NC(=O)c2c(C)n[nH]c2C)no1. The first-order valence-corrected chi connectivity index (χ1v) is 4.84. The van der Waals surface area contributed by atoms with E-state index in [9.17, 15) is 4.79 Å². The van der Waals surface area contributed by atoms with Gasteiger partial charge in [0.15, 0.2) is 5.82 Å². The Labute approximate surface area is 92.0 Å². The molecule has 0 unspecified atom stereocenters. The molecule has 0 aliphatic rings. The highest BCUT2D eigenvalue weighted by atomic mass is 16.5. The summed E-state index contributed by atoms with van der Waals surface area (Å²) in [6, 6.07) is 1.66. The Balaban J connectivity index is 2.21. The molecule has 0 aliphatic carbocycles. The zero-order valence-electron chi connectivity index (χ0n) is 9.29. The molecule has 2 N–H and O–H groups in total. The summed E-state index contributed by atoms with van der Waals surface area (Å²) < 4.78 is 4.86. The van der Waals surface area contributed by atoms with E-state index in [2.05, 4.69) is 20.7 Å². The molecule has 0 fully saturated rings. The van der Waals surface area contributed by atoms with Gasteiger partial charge in [0.1, 0.15) is 5.76 Å². The molecule has 84 valence electrons. The second-order valence-corrected chi connectivity index (χ2v) is 3.59. The molecule has 1 amide bonds. The molecule has 2 aromatic rings. The number of carbonyl (C=O) groups is 1. The van der Waals surface area contributed by atoms with Crippen LogP contribution in [0.3, 0.4) is 0 Å². The Morgan fingerprint density at radius 3 is 2.69 bits per heavy atom. The van der Waals surface area contributed by atoms with Crippen molar-refractivity contribution in [3.63, 3.8) is 0 Å². The number of nitrogens with zero attached hydrogens (tertiary/aromatic N) is 2. The molecule has 0 saturated heterocycles. The summed E-state index contributed by atoms with van der Waals surface area (Å²) >= 11 is 0. The lowest BCUT2D eigenvalue weighted by Crippen LogP contribution is -2.13. The molecular formula is C10H12N4O2. The van der Waals surface area contributed by atoms with Gasteiger partial charge in [-0.05, 0) is 20.8 Å². The molecule has 0 aliphatic heterocycles. The Kier molecular flexibility index (Phi) is 2.47. The van der Waals surface area contributed by atoms with E-state index in [1.54, 1.807) is 26.8 Å². The molecule has 0 radical (unpaired) electrons. The van der Waals surface area contributed by atoms with Crippen molar-refractivity contribution in [2.75, 3.05) is 5.32 Å². The van der Waals surface area contributed by atoms with Crippen molar-refractivity contribution < 1.29 is 9.32 Å². The van der Waals surface area contributed by atoms with Gasteiger partial charge in [0, 0.05) is 11.8 Å². The van der Waals surface area contributed by atoms with Crippen molar-refractivity contribution in [1.82, 2.24) is 15.4 Å². The molecular weight excluding hydrogens is 208 g/mol. The fourth-order valence-electron chi connectivity index (χ4n) is 1.49. The van der Waals surface area contributed by atoms with Crippen molar-refractivity contribution in [3.05, 3.63) is 28.8 Å². The Morgan fingerprint density at radius 2 is 2.19 bits per heavy atom. The van der Waals surface area contributed by atoms with Crippen LogP contribution in [-0.2, 0) is 0 Å². The largest absolute Gasteiger partial charge is 0.360 e. The molecule has 6 nitrogen and oxygen atoms in total. The summed E-state index contributed by atoms with van der Waals surface area (Å²) in [5.74, 6) is 0.815. The monoisotopic (exact) mass is 220 g/mol. The molecule has 0 aromatic carbocycles. The van der Waals surface area contributed by atoms with E-state index < -0.39 is 0 Å². The van der Waals surface area contributed by atoms with Crippen molar-refractivity contribution in [2.45, 2.75) is 20.8 Å². The second-order valence-electron chi connectivity index (χ2n) is 3.59. The van der Waals surface area contributed by atoms with E-state index in [0.29, 0.717) is 22.8 Å². The van der Waals surface area contributed by atoms with Crippen LogP contribution in [0.5, 0.6) is 0 Å². The summed E-state index contributed by atoms with van der Waals surface area (Å²) in [6.45, 7) is 5.33. The molecule has 0 spiro atoms. The molecule has 2 heterocycles. The number of rotatable bonds is 2. The van der Waals surface area contributed by atoms with Gasteiger partial charge in [0.05, 0.1) is 11.3 Å². The average molecular weight is 220 g/mol. The lowest BCUT2D eigenvalue weighted by Gasteiger charge is -2.00. The number of H-pyrrole nitrogens is 1. The van der Waals surface area contributed by atoms with Crippen LogP contribution in [0.2, 0.25) is 0 Å². The standard InChI is InChI=1S/C10H12N4O2/c1-5-4-8(14-16-5)11-10(15)9-6(2)12-13-7(9)3/h4H,1-3H3,(H,12,13)(H,11,14,15). The zero-order valence-corrected chi connectivity index (χ0v) is 9.29. The number of nitrogens with one attached hydrogen (secondary N) is 2. The molecule has 0 saturated carbocycles. The van der Waals surface area contributed by atoms with Gasteiger partial charge in [0.25, 0.3) is 5.91 Å². The fourth-order valence-corrected chi connectivity index (χ4v) is 1.49. The first kappa shape index (κ1) is 10.4. The van der Waals surface area contributed by atoms with Gasteiger partial charge in [-0.1, -0.05) is 5.16 Å². The van der Waals surface area contributed by atoms with E-state index in [0.717, 1.165) is 5.69 Å². The normalized spacial score (nSPS) is 10.4. The molecule has 0 bridgehead atoms. The fraction of sp³-hybridized carbons (Fsp3) is 0.300. The minimum Gasteiger partial charge on any atom is -0.360 e. The summed E-state index contributed by atoms with van der Waals surface area (Å²) in [5.41, 5.74) is 1.94. The van der Waals surface area contributed by atoms with Crippen LogP contribution >= 0.6 is 0 Å². The van der Waals surface area contributed by atoms with E-state index in [1.165, 1.54) is 0 Å². The minimum atomic E-state index is -0.239. The van der Waals surface area contributed by atoms with Crippen LogP contribution in [0.25, 0.3) is 0 Å². The van der Waals surface area contributed by atoms with E-state index in [4.69, 9.17) is 4.52 Å². The number of carbonyl (C=O) groups excluding carboxylic acids is 1. The number of aromatic amines is 1. The molecule has 16 heavy (non-hydrogen) atoms. The van der Waals surface area contributed by atoms with Crippen LogP contribution in [0.4, 0.5) is 5.82 Å². The lowest BCUT2D eigenvalue weighted by molar-refractivity contribution is 0.102. The van der Waals surface area contributed by atoms with Crippen LogP contribution in [-0.4, -0.2) is 21.3 Å². The van der Waals surface area contributed by atoms with Crippen molar-refractivity contribution in [1.29, 1.82) is 0 Å². The number of hydrogen-bond acceptors (Lipinski definition) is 4. The van der Waals surface area contributed by atoms with Crippen LogP contribution in [0.1, 0.15) is 27.5 Å². The maximum atomic E-state index is 11.9. The highest BCUT2D eigenvalue weighted by molar-refractivity contribution is 6.05. The summed E-state index contributed by atoms with van der Waals surface area (Å²) in [6.07, 6.45) is 0. The van der Waals surface area contributed by atoms with Crippen LogP contribution in [0.15, 0.2) is 10.6 Å². The van der Waals surface area contributed by atoms with E-state index >= 15 is 0 Å². The quantitative estimate of drug-likeness (QED) is 0.804. The minimum absolute atomic E-state index is 0.239. The highest BCUT2D eigenvalue weighted by Gasteiger charge is 2.16. The highest BCUT2D eigenvalue weighted by Crippen LogP contribution is 2.13. The van der Waals surface area contributed by atoms with Crippen molar-refractivity contribution in [2.24, 2.45) is 0 Å². The molecule has 6 heteroatoms. The third-order valence-corrected chi connectivity index (χ3v) is 2.22. The van der Waals surface area contributed by atoms with Crippen molar-refractivity contribution >= 4 is 11.7 Å². The van der Waals surface area contributed by atoms with Crippen LogP contribution in [0, 0.1) is 20.8 Å². The number of amides is 1. The summed E-state index contributed by atoms with van der Waals surface area (Å²) in [4.78, 5) is 11.9. The molecule has 2 rings (SSSR count). The number of anilines is 1. The number of aryl methyl sites for hydroxylation is 3. The smallest absolute Gasteiger partial charge is 0.260 e. The topological polar surface area (TPSA) is 83.8 Å². The van der Waals surface area contributed by atoms with Gasteiger partial charge in [-0.25, -0.2) is 0 Å². The van der Waals surface area contributed by atoms with Gasteiger partial charge in [-0.3, -0.25) is 9.89 Å². The summed E-state index contributed by atoms with van der Waals surface area (Å²) in [7, 11) is 0. The number of aromatic nitrogens is 3.